The molecule has 3 amide bonds. The number of nitrogens with two attached hydrogens (primary N) is 1. The number of urea groups is 1. The second-order valence-electron chi connectivity index (χ2n) is 2.66. The summed E-state index contributed by atoms with van der Waals surface area (Å²) < 4.78 is 0. The van der Waals surface area contributed by atoms with E-state index < -0.39 is 6.03 Å². The van der Waals surface area contributed by atoms with Crippen LogP contribution in [0.1, 0.15) is 13.8 Å². The zero-order valence-electron chi connectivity index (χ0n) is 7.70. The molecule has 5 nitrogen and oxygen atoms in total. The van der Waals surface area contributed by atoms with Crippen LogP contribution in [0.25, 0.3) is 0 Å². The molecule has 0 aromatic carbocycles. The first-order chi connectivity index (χ1) is 5.93. The van der Waals surface area contributed by atoms with Crippen LogP contribution in [0.4, 0.5) is 4.79 Å². The standard InChI is InChI=1S/C8H13N3O2/c1-5(2)7(12)11-6(3)4-10-8(9)13/h4,6H,1H2,2-3H3,(H2,9,13)(H,11,12)/b10-4+. The predicted octanol–water partition coefficient (Wildman–Crippen LogP) is 0.217. The van der Waals surface area contributed by atoms with Crippen LogP contribution in [0.3, 0.4) is 0 Å². The molecule has 0 saturated carbocycles. The molecule has 3 N–H and O–H groups in total. The Morgan fingerprint density at radius 2 is 2.15 bits per heavy atom. The van der Waals surface area contributed by atoms with Crippen LogP contribution < -0.4 is 11.1 Å². The van der Waals surface area contributed by atoms with Crippen molar-refractivity contribution < 1.29 is 9.59 Å². The van der Waals surface area contributed by atoms with Gasteiger partial charge in [-0.3, -0.25) is 4.79 Å². The summed E-state index contributed by atoms with van der Waals surface area (Å²) in [5.41, 5.74) is 5.17. The molecule has 0 bridgehead atoms. The third-order valence-electron chi connectivity index (χ3n) is 1.17. The number of hydrogen-bond donors (Lipinski definition) is 2. The molecule has 0 heterocycles. The van der Waals surface area contributed by atoms with Gasteiger partial charge in [-0.1, -0.05) is 6.58 Å². The Labute approximate surface area is 76.7 Å². The summed E-state index contributed by atoms with van der Waals surface area (Å²) in [7, 11) is 0. The maximum Gasteiger partial charge on any atom is 0.338 e. The molecule has 1 unspecified atom stereocenters. The van der Waals surface area contributed by atoms with Gasteiger partial charge < -0.3 is 11.1 Å². The Kier molecular flexibility index (Phi) is 4.43. The van der Waals surface area contributed by atoms with Crippen LogP contribution in [-0.4, -0.2) is 24.2 Å². The van der Waals surface area contributed by atoms with Gasteiger partial charge in [-0.05, 0) is 13.8 Å². The van der Waals surface area contributed by atoms with Gasteiger partial charge >= 0.3 is 6.03 Å². The number of amides is 3. The molecule has 0 aliphatic heterocycles. The van der Waals surface area contributed by atoms with Crippen LogP contribution in [-0.2, 0) is 4.79 Å². The fraction of sp³-hybridized carbons (Fsp3) is 0.375. The van der Waals surface area contributed by atoms with Gasteiger partial charge in [-0.25, -0.2) is 9.79 Å². The van der Waals surface area contributed by atoms with E-state index in [0.717, 1.165) is 0 Å². The summed E-state index contributed by atoms with van der Waals surface area (Å²) in [6, 6.07) is -1.12. The fourth-order valence-corrected chi connectivity index (χ4v) is 0.553. The highest BCUT2D eigenvalue weighted by Gasteiger charge is 2.04. The monoisotopic (exact) mass is 183 g/mol. The van der Waals surface area contributed by atoms with Crippen LogP contribution in [0.15, 0.2) is 17.1 Å². The molecule has 0 aromatic rings. The van der Waals surface area contributed by atoms with E-state index in [0.29, 0.717) is 5.57 Å². The SMILES string of the molecule is C=C(C)C(=O)NC(C)/C=N/C(N)=O. The number of carbonyl (C=O) groups is 2. The van der Waals surface area contributed by atoms with Crippen molar-refractivity contribution in [3.63, 3.8) is 0 Å². The van der Waals surface area contributed by atoms with E-state index in [4.69, 9.17) is 5.73 Å². The van der Waals surface area contributed by atoms with Crippen LogP contribution in [0.5, 0.6) is 0 Å². The number of carbonyl (C=O) groups excluding carboxylic acids is 2. The van der Waals surface area contributed by atoms with E-state index >= 15 is 0 Å². The van der Waals surface area contributed by atoms with Crippen molar-refractivity contribution in [1.29, 1.82) is 0 Å². The van der Waals surface area contributed by atoms with Gasteiger partial charge in [0, 0.05) is 11.8 Å². The second-order valence-corrected chi connectivity index (χ2v) is 2.66. The lowest BCUT2D eigenvalue weighted by molar-refractivity contribution is -0.117. The van der Waals surface area contributed by atoms with E-state index in [1.165, 1.54) is 6.21 Å². The third-order valence-corrected chi connectivity index (χ3v) is 1.17. The average molecular weight is 183 g/mol. The fourth-order valence-electron chi connectivity index (χ4n) is 0.553. The highest BCUT2D eigenvalue weighted by molar-refractivity contribution is 5.94. The highest BCUT2D eigenvalue weighted by atomic mass is 16.2. The zero-order chi connectivity index (χ0) is 10.4. The van der Waals surface area contributed by atoms with E-state index in [2.05, 4.69) is 16.9 Å². The number of nitrogens with one attached hydrogen (secondary N) is 1. The molecule has 0 fully saturated rings. The lowest BCUT2D eigenvalue weighted by atomic mass is 10.3. The van der Waals surface area contributed by atoms with Crippen molar-refractivity contribution in [2.24, 2.45) is 10.7 Å². The highest BCUT2D eigenvalue weighted by Crippen LogP contribution is 1.87. The smallest absolute Gasteiger partial charge is 0.338 e. The van der Waals surface area contributed by atoms with E-state index in [-0.39, 0.29) is 11.9 Å². The lowest BCUT2D eigenvalue weighted by Gasteiger charge is -2.07. The van der Waals surface area contributed by atoms with Crippen molar-refractivity contribution in [3.8, 4) is 0 Å². The molecular formula is C8H13N3O2. The normalized spacial score (nSPS) is 12.5. The van der Waals surface area contributed by atoms with Crippen molar-refractivity contribution in [1.82, 2.24) is 5.32 Å². The summed E-state index contributed by atoms with van der Waals surface area (Å²) in [6.07, 6.45) is 1.27. The first-order valence-corrected chi connectivity index (χ1v) is 3.73. The van der Waals surface area contributed by atoms with Crippen molar-refractivity contribution in [3.05, 3.63) is 12.2 Å². The van der Waals surface area contributed by atoms with Crippen molar-refractivity contribution >= 4 is 18.2 Å². The van der Waals surface area contributed by atoms with Gasteiger partial charge in [0.1, 0.15) is 0 Å². The summed E-state index contributed by atoms with van der Waals surface area (Å²) >= 11 is 0. The molecule has 0 spiro atoms. The predicted molar refractivity (Wildman–Crippen MR) is 50.5 cm³/mol. The van der Waals surface area contributed by atoms with Gasteiger partial charge in [0.05, 0.1) is 6.04 Å². The minimum Gasteiger partial charge on any atom is -0.350 e. The number of rotatable bonds is 3. The number of aliphatic imine (C=N–C) groups is 1. The first-order valence-electron chi connectivity index (χ1n) is 3.73. The van der Waals surface area contributed by atoms with Gasteiger partial charge in [0.15, 0.2) is 0 Å². The quantitative estimate of drug-likeness (QED) is 0.484. The Bertz CT molecular complexity index is 258. The van der Waals surface area contributed by atoms with E-state index in [9.17, 15) is 9.59 Å². The Morgan fingerprint density at radius 1 is 1.62 bits per heavy atom. The summed E-state index contributed by atoms with van der Waals surface area (Å²) in [4.78, 5) is 24.5. The number of nitrogens with zero attached hydrogens (tertiary/aromatic N) is 1. The largest absolute Gasteiger partial charge is 0.350 e. The van der Waals surface area contributed by atoms with Gasteiger partial charge in [-0.15, -0.1) is 0 Å². The molecule has 0 rings (SSSR count). The van der Waals surface area contributed by atoms with Crippen molar-refractivity contribution in [2.45, 2.75) is 19.9 Å². The minimum absolute atomic E-state index is 0.275. The van der Waals surface area contributed by atoms with E-state index in [1.54, 1.807) is 13.8 Å². The molecule has 0 aromatic heterocycles. The Hall–Kier alpha value is -1.65. The molecule has 13 heavy (non-hydrogen) atoms. The van der Waals surface area contributed by atoms with Crippen LogP contribution in [0, 0.1) is 0 Å². The summed E-state index contributed by atoms with van der Waals surface area (Å²) in [6.45, 7) is 6.72. The molecular weight excluding hydrogens is 170 g/mol. The van der Waals surface area contributed by atoms with Crippen LogP contribution >= 0.6 is 0 Å². The molecule has 0 saturated heterocycles. The number of hydrogen-bond acceptors (Lipinski definition) is 2. The topological polar surface area (TPSA) is 84.6 Å². The first kappa shape index (κ1) is 11.4. The summed E-state index contributed by atoms with van der Waals surface area (Å²) in [5, 5.41) is 2.54. The van der Waals surface area contributed by atoms with E-state index in [1.807, 2.05) is 0 Å². The number of primary amides is 1. The lowest BCUT2D eigenvalue weighted by Crippen LogP contribution is -2.34. The maximum atomic E-state index is 11.0. The Morgan fingerprint density at radius 3 is 2.54 bits per heavy atom. The second kappa shape index (κ2) is 5.08. The maximum absolute atomic E-state index is 11.0. The molecule has 1 atom stereocenters. The van der Waals surface area contributed by atoms with Gasteiger partial charge in [0.2, 0.25) is 5.91 Å². The Balaban J connectivity index is 4.01. The molecule has 5 heteroatoms. The third kappa shape index (κ3) is 5.60. The molecule has 0 aliphatic carbocycles. The molecule has 72 valence electrons. The average Bonchev–Trinajstić information content (AvgIpc) is 2.00. The van der Waals surface area contributed by atoms with Gasteiger partial charge in [-0.2, -0.15) is 0 Å². The molecule has 0 radical (unpaired) electrons. The van der Waals surface area contributed by atoms with Crippen LogP contribution in [0.2, 0.25) is 0 Å². The summed E-state index contributed by atoms with van der Waals surface area (Å²) in [5.74, 6) is -0.275. The minimum atomic E-state index is -0.781. The van der Waals surface area contributed by atoms with Crippen molar-refractivity contribution in [2.75, 3.05) is 0 Å². The zero-order valence-corrected chi connectivity index (χ0v) is 7.70. The molecule has 0 aliphatic rings. The van der Waals surface area contributed by atoms with Gasteiger partial charge in [0.25, 0.3) is 0 Å².